The van der Waals surface area contributed by atoms with Crippen molar-refractivity contribution in [1.82, 2.24) is 9.88 Å². The van der Waals surface area contributed by atoms with E-state index in [2.05, 4.69) is 4.98 Å². The molecule has 1 aromatic heterocycles. The zero-order chi connectivity index (χ0) is 17.1. The summed E-state index contributed by atoms with van der Waals surface area (Å²) in [6.45, 7) is 0.832. The molecule has 1 aliphatic heterocycles. The van der Waals surface area contributed by atoms with Crippen molar-refractivity contribution in [2.45, 2.75) is 0 Å². The van der Waals surface area contributed by atoms with Crippen molar-refractivity contribution in [3.05, 3.63) is 76.6 Å². The number of hydrogen-bond acceptors (Lipinski definition) is 3. The van der Waals surface area contributed by atoms with Crippen LogP contribution in [0.2, 0.25) is 0 Å². The quantitative estimate of drug-likeness (QED) is 0.794. The highest BCUT2D eigenvalue weighted by Crippen LogP contribution is 2.23. The topological polar surface area (TPSA) is 33.2 Å². The number of pyridine rings is 1. The Labute approximate surface area is 138 Å². The van der Waals surface area contributed by atoms with E-state index in [4.69, 9.17) is 0 Å². The van der Waals surface area contributed by atoms with E-state index in [0.29, 0.717) is 24.2 Å². The summed E-state index contributed by atoms with van der Waals surface area (Å²) in [6.07, 6.45) is 6.39. The van der Waals surface area contributed by atoms with E-state index in [-0.39, 0.29) is 11.3 Å². The molecule has 1 fully saturated rings. The van der Waals surface area contributed by atoms with Gasteiger partial charge >= 0.3 is 0 Å². The first-order valence-electron chi connectivity index (χ1n) is 7.53. The second kappa shape index (κ2) is 6.84. The fourth-order valence-corrected chi connectivity index (χ4v) is 2.69. The van der Waals surface area contributed by atoms with E-state index in [0.717, 1.165) is 5.56 Å². The lowest BCUT2D eigenvalue weighted by atomic mass is 9.94. The molecule has 2 aromatic rings. The maximum atomic E-state index is 13.8. The van der Waals surface area contributed by atoms with Crippen molar-refractivity contribution in [1.29, 1.82) is 0 Å². The first-order chi connectivity index (χ1) is 11.5. The Bertz CT molecular complexity index is 808. The number of likely N-dealkylation sites (N-methyl/N-ethyl adjacent to an activating group) is 1. The Morgan fingerprint density at radius 2 is 1.58 bits per heavy atom. The van der Waals surface area contributed by atoms with E-state index in [1.165, 1.54) is 24.3 Å². The maximum Gasteiger partial charge on any atom is 0.187 e. The number of benzene rings is 1. The maximum absolute atomic E-state index is 13.8. The first kappa shape index (κ1) is 16.2. The molecule has 122 valence electrons. The summed E-state index contributed by atoms with van der Waals surface area (Å²) in [4.78, 5) is 18.6. The Balaban J connectivity index is 1.99. The van der Waals surface area contributed by atoms with Gasteiger partial charge in [0, 0.05) is 42.2 Å². The number of hydrogen-bond donors (Lipinski definition) is 0. The average Bonchev–Trinajstić information content (AvgIpc) is 2.56. The van der Waals surface area contributed by atoms with Crippen LogP contribution in [0, 0.1) is 11.6 Å². The highest BCUT2D eigenvalue weighted by molar-refractivity contribution is 6.14. The van der Waals surface area contributed by atoms with Crippen LogP contribution in [0.3, 0.4) is 0 Å². The third kappa shape index (κ3) is 3.46. The second-order valence-electron chi connectivity index (χ2n) is 5.76. The molecule has 0 unspecified atom stereocenters. The van der Waals surface area contributed by atoms with Crippen molar-refractivity contribution in [3.8, 4) is 0 Å². The molecule has 1 aliphatic rings. The standard InChI is InChI=1S/C19H16F2N2O/c1-23-11-14(9-13-5-7-22-8-6-13)19(24)15(12-23)10-16-17(20)3-2-4-18(16)21/h2-10H,11-12H2,1H3/b14-9+,15-10+. The number of halogens is 2. The molecule has 0 aliphatic carbocycles. The van der Waals surface area contributed by atoms with Crippen LogP contribution in [0.1, 0.15) is 11.1 Å². The zero-order valence-corrected chi connectivity index (χ0v) is 13.2. The molecule has 0 atom stereocenters. The Morgan fingerprint density at radius 1 is 1.00 bits per heavy atom. The van der Waals surface area contributed by atoms with Crippen LogP contribution in [0.25, 0.3) is 12.2 Å². The van der Waals surface area contributed by atoms with Crippen molar-refractivity contribution < 1.29 is 13.6 Å². The number of carbonyl (C=O) groups excluding carboxylic acids is 1. The van der Waals surface area contributed by atoms with Gasteiger partial charge in [-0.15, -0.1) is 0 Å². The lowest BCUT2D eigenvalue weighted by Gasteiger charge is -2.26. The monoisotopic (exact) mass is 326 g/mol. The number of ketones is 1. The SMILES string of the molecule is CN1C/C(=C\c2ccncc2)C(=O)/C(=C/c2c(F)cccc2F)C1. The third-order valence-electron chi connectivity index (χ3n) is 3.83. The first-order valence-corrected chi connectivity index (χ1v) is 7.53. The second-order valence-corrected chi connectivity index (χ2v) is 5.76. The lowest BCUT2D eigenvalue weighted by molar-refractivity contribution is -0.113. The highest BCUT2D eigenvalue weighted by atomic mass is 19.1. The number of Topliss-reactive ketones (excluding diaryl/α,β-unsaturated/α-hetero) is 1. The molecular formula is C19H16F2N2O. The molecule has 3 nitrogen and oxygen atoms in total. The van der Waals surface area contributed by atoms with Gasteiger partial charge in [-0.1, -0.05) is 6.07 Å². The highest BCUT2D eigenvalue weighted by Gasteiger charge is 2.24. The van der Waals surface area contributed by atoms with Crippen LogP contribution in [0.4, 0.5) is 8.78 Å². The van der Waals surface area contributed by atoms with Crippen LogP contribution in [-0.4, -0.2) is 35.8 Å². The minimum atomic E-state index is -0.678. The molecule has 0 bridgehead atoms. The number of piperidine rings is 1. The fourth-order valence-electron chi connectivity index (χ4n) is 2.69. The van der Waals surface area contributed by atoms with Crippen molar-refractivity contribution in [3.63, 3.8) is 0 Å². The van der Waals surface area contributed by atoms with Crippen LogP contribution >= 0.6 is 0 Å². The van der Waals surface area contributed by atoms with Crippen molar-refractivity contribution in [2.24, 2.45) is 0 Å². The van der Waals surface area contributed by atoms with Gasteiger partial charge in [-0.2, -0.15) is 0 Å². The van der Waals surface area contributed by atoms with Gasteiger partial charge in [0.2, 0.25) is 0 Å². The van der Waals surface area contributed by atoms with E-state index in [9.17, 15) is 13.6 Å². The molecular weight excluding hydrogens is 310 g/mol. The summed E-state index contributed by atoms with van der Waals surface area (Å²) in [5.74, 6) is -1.54. The molecule has 5 heteroatoms. The molecule has 2 heterocycles. The summed E-state index contributed by atoms with van der Waals surface area (Å²) in [7, 11) is 1.86. The number of nitrogens with zero attached hydrogens (tertiary/aromatic N) is 2. The predicted molar refractivity (Wildman–Crippen MR) is 89.1 cm³/mol. The summed E-state index contributed by atoms with van der Waals surface area (Å²) < 4.78 is 27.7. The normalized spacial score (nSPS) is 19.2. The number of aromatic nitrogens is 1. The minimum absolute atomic E-state index is 0.181. The Kier molecular flexibility index (Phi) is 4.62. The summed E-state index contributed by atoms with van der Waals surface area (Å²) in [5, 5.41) is 0. The molecule has 3 rings (SSSR count). The number of likely N-dealkylation sites (tertiary alicyclic amines) is 1. The summed E-state index contributed by atoms with van der Waals surface area (Å²) in [6, 6.07) is 7.26. The van der Waals surface area contributed by atoms with E-state index < -0.39 is 11.6 Å². The van der Waals surface area contributed by atoms with E-state index in [1.54, 1.807) is 30.6 Å². The van der Waals surface area contributed by atoms with Crippen molar-refractivity contribution in [2.75, 3.05) is 20.1 Å². The van der Waals surface area contributed by atoms with Gasteiger partial charge in [0.25, 0.3) is 0 Å². The molecule has 0 amide bonds. The smallest absolute Gasteiger partial charge is 0.187 e. The van der Waals surface area contributed by atoms with Gasteiger partial charge in [0.1, 0.15) is 11.6 Å². The molecule has 24 heavy (non-hydrogen) atoms. The van der Waals surface area contributed by atoms with Crippen LogP contribution < -0.4 is 0 Å². The van der Waals surface area contributed by atoms with Crippen LogP contribution in [0.15, 0.2) is 53.9 Å². The Morgan fingerprint density at radius 3 is 2.21 bits per heavy atom. The summed E-state index contributed by atoms with van der Waals surface area (Å²) >= 11 is 0. The molecule has 0 saturated carbocycles. The fraction of sp³-hybridized carbons (Fsp3) is 0.158. The van der Waals surface area contributed by atoms with Gasteiger partial charge in [0.05, 0.1) is 0 Å². The zero-order valence-electron chi connectivity index (χ0n) is 13.2. The molecule has 0 radical (unpaired) electrons. The van der Waals surface area contributed by atoms with Crippen LogP contribution in [0.5, 0.6) is 0 Å². The van der Waals surface area contributed by atoms with E-state index >= 15 is 0 Å². The van der Waals surface area contributed by atoms with Gasteiger partial charge < -0.3 is 0 Å². The largest absolute Gasteiger partial charge is 0.298 e. The lowest BCUT2D eigenvalue weighted by Crippen LogP contribution is -2.34. The minimum Gasteiger partial charge on any atom is -0.298 e. The predicted octanol–water partition coefficient (Wildman–Crippen LogP) is 3.34. The summed E-state index contributed by atoms with van der Waals surface area (Å²) in [5.41, 5.74) is 1.63. The molecule has 0 spiro atoms. The van der Waals surface area contributed by atoms with Gasteiger partial charge in [-0.3, -0.25) is 14.7 Å². The van der Waals surface area contributed by atoms with Gasteiger partial charge in [-0.05, 0) is 49.0 Å². The molecule has 0 N–H and O–H groups in total. The average molecular weight is 326 g/mol. The Hall–Kier alpha value is -2.66. The number of carbonyl (C=O) groups is 1. The molecule has 1 aromatic carbocycles. The molecule has 1 saturated heterocycles. The number of rotatable bonds is 2. The third-order valence-corrected chi connectivity index (χ3v) is 3.83. The van der Waals surface area contributed by atoms with E-state index in [1.807, 2.05) is 11.9 Å². The van der Waals surface area contributed by atoms with Crippen LogP contribution in [-0.2, 0) is 4.79 Å². The van der Waals surface area contributed by atoms with Crippen molar-refractivity contribution >= 4 is 17.9 Å². The van der Waals surface area contributed by atoms with Gasteiger partial charge in [0.15, 0.2) is 5.78 Å². The van der Waals surface area contributed by atoms with Gasteiger partial charge in [-0.25, -0.2) is 8.78 Å².